The van der Waals surface area contributed by atoms with Crippen LogP contribution in [0.15, 0.2) is 0 Å². The van der Waals surface area contributed by atoms with E-state index in [0.717, 1.165) is 13.0 Å². The van der Waals surface area contributed by atoms with Gasteiger partial charge in [0.1, 0.15) is 0 Å². The molecule has 0 heterocycles. The van der Waals surface area contributed by atoms with E-state index in [0.29, 0.717) is 0 Å². The van der Waals surface area contributed by atoms with Crippen molar-refractivity contribution >= 4 is 17.4 Å². The summed E-state index contributed by atoms with van der Waals surface area (Å²) in [5.41, 5.74) is 0. The zero-order valence-corrected chi connectivity index (χ0v) is 8.30. The molecule has 0 aromatic heterocycles. The first-order valence-corrected chi connectivity index (χ1v) is 2.21. The predicted octanol–water partition coefficient (Wildman–Crippen LogP) is 1.29. The molecule has 0 bridgehead atoms. The fraction of sp³-hybridized carbons (Fsp3) is 0.571. The van der Waals surface area contributed by atoms with E-state index < -0.39 is 0 Å². The second kappa shape index (κ2) is 15.8. The van der Waals surface area contributed by atoms with Gasteiger partial charge in [0.2, 0.25) is 0 Å². The molecule has 0 N–H and O–H groups in total. The summed E-state index contributed by atoms with van der Waals surface area (Å²) in [5.74, 6) is 0. The average molecular weight is 143 g/mol. The molecule has 9 heavy (non-hydrogen) atoms. The monoisotopic (exact) mass is 143 g/mol. The Bertz CT molecular complexity index is 30.1. The molecule has 2 heteroatoms. The summed E-state index contributed by atoms with van der Waals surface area (Å²) < 4.78 is 0. The molecule has 0 saturated heterocycles. The van der Waals surface area contributed by atoms with Gasteiger partial charge in [0.15, 0.2) is 0 Å². The van der Waals surface area contributed by atoms with E-state index in [-0.39, 0.29) is 32.2 Å². The van der Waals surface area contributed by atoms with Crippen LogP contribution in [-0.2, 0) is 0 Å². The largest absolute Gasteiger partial charge is 3.00 e. The first-order valence-electron chi connectivity index (χ1n) is 2.21. The van der Waals surface area contributed by atoms with Gasteiger partial charge in [0.05, 0.1) is 0 Å². The number of hydrogen-bond donors (Lipinski definition) is 0. The number of nitrogens with zero attached hydrogens (tertiary/aromatic N) is 1. The topological polar surface area (TPSA) is 3.24 Å². The standard InChI is InChI=1S/C5H12N.2CH3.Al/c1-4-5-6(2)3;;;/h1,4-5H2,2-3H3;2*1H3;/q3*-1;+3. The van der Waals surface area contributed by atoms with Gasteiger partial charge >= 0.3 is 17.4 Å². The van der Waals surface area contributed by atoms with Crippen molar-refractivity contribution in [3.05, 3.63) is 21.8 Å². The molecule has 54 valence electrons. The molecular formula is C7H18AlN. The molecule has 0 atom stereocenters. The summed E-state index contributed by atoms with van der Waals surface area (Å²) in [5, 5.41) is 0. The van der Waals surface area contributed by atoms with Crippen LogP contribution in [-0.4, -0.2) is 42.9 Å². The van der Waals surface area contributed by atoms with E-state index in [1.165, 1.54) is 0 Å². The average Bonchev–Trinajstić information content (AvgIpc) is 1.35. The Morgan fingerprint density at radius 2 is 1.56 bits per heavy atom. The zero-order chi connectivity index (χ0) is 4.99. The molecular weight excluding hydrogens is 125 g/mol. The van der Waals surface area contributed by atoms with Gasteiger partial charge in [-0.15, -0.1) is 0 Å². The van der Waals surface area contributed by atoms with Crippen molar-refractivity contribution in [2.24, 2.45) is 0 Å². The molecule has 0 aliphatic rings. The number of rotatable bonds is 2. The molecule has 0 aromatic rings. The van der Waals surface area contributed by atoms with Crippen LogP contribution in [0.4, 0.5) is 0 Å². The molecule has 0 fully saturated rings. The molecule has 0 aromatic carbocycles. The Balaban J connectivity index is -0.0000000417. The van der Waals surface area contributed by atoms with Crippen molar-refractivity contribution in [3.8, 4) is 0 Å². The van der Waals surface area contributed by atoms with Crippen LogP contribution in [0, 0.1) is 21.8 Å². The predicted molar refractivity (Wildman–Crippen MR) is 47.1 cm³/mol. The first kappa shape index (κ1) is 22.7. The Labute approximate surface area is 71.6 Å². The van der Waals surface area contributed by atoms with Gasteiger partial charge in [-0.05, 0) is 20.6 Å². The minimum absolute atomic E-state index is 0. The van der Waals surface area contributed by atoms with E-state index in [1.54, 1.807) is 0 Å². The molecule has 0 unspecified atom stereocenters. The van der Waals surface area contributed by atoms with E-state index in [1.807, 2.05) is 14.1 Å². The minimum atomic E-state index is 0. The maximum absolute atomic E-state index is 3.68. The minimum Gasteiger partial charge on any atom is -0.358 e. The SMILES string of the molecule is [Al+3].[CH2-]CCN(C)C.[CH3-].[CH3-]. The Morgan fingerprint density at radius 1 is 1.22 bits per heavy atom. The van der Waals surface area contributed by atoms with Crippen molar-refractivity contribution in [1.82, 2.24) is 4.90 Å². The van der Waals surface area contributed by atoms with Crippen LogP contribution >= 0.6 is 0 Å². The van der Waals surface area contributed by atoms with Crippen molar-refractivity contribution in [2.75, 3.05) is 20.6 Å². The summed E-state index contributed by atoms with van der Waals surface area (Å²) in [4.78, 5) is 2.12. The Hall–Kier alpha value is 0.492. The van der Waals surface area contributed by atoms with Crippen molar-refractivity contribution in [3.63, 3.8) is 0 Å². The van der Waals surface area contributed by atoms with Gasteiger partial charge < -0.3 is 26.7 Å². The molecule has 0 saturated carbocycles. The summed E-state index contributed by atoms with van der Waals surface area (Å²) >= 11 is 0. The van der Waals surface area contributed by atoms with Crippen LogP contribution in [0.1, 0.15) is 6.42 Å². The molecule has 0 radical (unpaired) electrons. The Kier molecular flexibility index (Phi) is 39.8. The Morgan fingerprint density at radius 3 is 1.56 bits per heavy atom. The molecule has 0 rings (SSSR count). The maximum atomic E-state index is 3.68. The summed E-state index contributed by atoms with van der Waals surface area (Å²) in [6.45, 7) is 4.78. The third-order valence-electron chi connectivity index (χ3n) is 0.605. The second-order valence-electron chi connectivity index (χ2n) is 1.66. The van der Waals surface area contributed by atoms with Gasteiger partial charge in [0, 0.05) is 0 Å². The van der Waals surface area contributed by atoms with E-state index in [9.17, 15) is 0 Å². The molecule has 0 aliphatic heterocycles. The van der Waals surface area contributed by atoms with Crippen LogP contribution < -0.4 is 0 Å². The molecule has 0 aliphatic carbocycles. The van der Waals surface area contributed by atoms with Gasteiger partial charge in [-0.2, -0.15) is 6.42 Å². The third-order valence-corrected chi connectivity index (χ3v) is 0.605. The van der Waals surface area contributed by atoms with Crippen molar-refractivity contribution < 1.29 is 0 Å². The number of hydrogen-bond acceptors (Lipinski definition) is 1. The van der Waals surface area contributed by atoms with Gasteiger partial charge in [-0.25, -0.2) is 0 Å². The van der Waals surface area contributed by atoms with Gasteiger partial charge in [-0.1, -0.05) is 0 Å². The van der Waals surface area contributed by atoms with E-state index >= 15 is 0 Å². The molecule has 0 spiro atoms. The van der Waals surface area contributed by atoms with Gasteiger partial charge in [-0.3, -0.25) is 0 Å². The fourth-order valence-electron chi connectivity index (χ4n) is 0.316. The zero-order valence-electron chi connectivity index (χ0n) is 7.15. The smallest absolute Gasteiger partial charge is 0.358 e. The van der Waals surface area contributed by atoms with Crippen molar-refractivity contribution in [2.45, 2.75) is 6.42 Å². The molecule has 0 amide bonds. The van der Waals surface area contributed by atoms with E-state index in [2.05, 4.69) is 11.8 Å². The summed E-state index contributed by atoms with van der Waals surface area (Å²) in [6.07, 6.45) is 1.01. The van der Waals surface area contributed by atoms with Crippen LogP contribution in [0.5, 0.6) is 0 Å². The normalized spacial score (nSPS) is 6.67. The summed E-state index contributed by atoms with van der Waals surface area (Å²) in [7, 11) is 4.09. The van der Waals surface area contributed by atoms with E-state index in [4.69, 9.17) is 0 Å². The summed E-state index contributed by atoms with van der Waals surface area (Å²) in [6, 6.07) is 0. The molecule has 1 nitrogen and oxygen atoms in total. The van der Waals surface area contributed by atoms with Crippen LogP contribution in [0.3, 0.4) is 0 Å². The first-order chi connectivity index (χ1) is 2.77. The maximum Gasteiger partial charge on any atom is 3.00 e. The second-order valence-corrected chi connectivity index (χ2v) is 1.66. The third kappa shape index (κ3) is 29.3. The fourth-order valence-corrected chi connectivity index (χ4v) is 0.316. The van der Waals surface area contributed by atoms with Crippen LogP contribution in [0.25, 0.3) is 0 Å². The van der Waals surface area contributed by atoms with Crippen molar-refractivity contribution in [1.29, 1.82) is 0 Å². The van der Waals surface area contributed by atoms with Crippen LogP contribution in [0.2, 0.25) is 0 Å². The quantitative estimate of drug-likeness (QED) is 0.416. The van der Waals surface area contributed by atoms with Gasteiger partial charge in [0.25, 0.3) is 0 Å².